The molecule has 0 aromatic carbocycles. The van der Waals surface area contributed by atoms with E-state index >= 15 is 0 Å². The van der Waals surface area contributed by atoms with Crippen molar-refractivity contribution in [2.45, 2.75) is 44.7 Å². The maximum absolute atomic E-state index is 9.13. The molecule has 2 atom stereocenters. The number of rotatable bonds is 4. The Morgan fingerprint density at radius 3 is 2.46 bits per heavy atom. The molecule has 3 nitrogen and oxygen atoms in total. The highest BCUT2D eigenvalue weighted by Gasteiger charge is 2.36. The zero-order valence-corrected chi connectivity index (χ0v) is 8.79. The summed E-state index contributed by atoms with van der Waals surface area (Å²) in [6, 6.07) is 0.590. The van der Waals surface area contributed by atoms with Crippen LogP contribution in [0.5, 0.6) is 0 Å². The molecule has 0 aromatic rings. The van der Waals surface area contributed by atoms with Gasteiger partial charge in [0.05, 0.1) is 6.61 Å². The molecule has 0 bridgehead atoms. The van der Waals surface area contributed by atoms with Gasteiger partial charge in [-0.25, -0.2) is 0 Å². The summed E-state index contributed by atoms with van der Waals surface area (Å²) in [6.07, 6.45) is 3.05. The van der Waals surface area contributed by atoms with Crippen LogP contribution in [-0.4, -0.2) is 41.3 Å². The molecule has 0 radical (unpaired) electrons. The molecule has 1 saturated carbocycles. The van der Waals surface area contributed by atoms with E-state index < -0.39 is 0 Å². The highest BCUT2D eigenvalue weighted by atomic mass is 16.3. The van der Waals surface area contributed by atoms with Gasteiger partial charge in [-0.2, -0.15) is 0 Å². The largest absolute Gasteiger partial charge is 0.394 e. The predicted molar refractivity (Wildman–Crippen MR) is 54.6 cm³/mol. The minimum Gasteiger partial charge on any atom is -0.394 e. The van der Waals surface area contributed by atoms with Crippen molar-refractivity contribution in [2.75, 3.05) is 19.7 Å². The van der Waals surface area contributed by atoms with E-state index in [2.05, 4.69) is 18.7 Å². The van der Waals surface area contributed by atoms with Gasteiger partial charge in [-0.15, -0.1) is 0 Å². The molecular weight excluding hydrogens is 164 g/mol. The van der Waals surface area contributed by atoms with Gasteiger partial charge in [-0.1, -0.05) is 13.8 Å². The fraction of sp³-hybridized carbons (Fsp3) is 1.00. The smallest absolute Gasteiger partial charge is 0.0611 e. The minimum absolute atomic E-state index is 0.130. The van der Waals surface area contributed by atoms with Gasteiger partial charge in [0.25, 0.3) is 0 Å². The van der Waals surface area contributed by atoms with Gasteiger partial charge in [0.2, 0.25) is 0 Å². The Balaban J connectivity index is 2.48. The first-order valence-electron chi connectivity index (χ1n) is 5.29. The van der Waals surface area contributed by atoms with Gasteiger partial charge in [0.15, 0.2) is 0 Å². The van der Waals surface area contributed by atoms with Gasteiger partial charge >= 0.3 is 0 Å². The monoisotopic (exact) mass is 186 g/mol. The third-order valence-electron chi connectivity index (χ3n) is 3.26. The Bertz CT molecular complexity index is 159. The fourth-order valence-corrected chi connectivity index (χ4v) is 2.32. The average molecular weight is 186 g/mol. The molecule has 0 aliphatic heterocycles. The number of hydrogen-bond acceptors (Lipinski definition) is 3. The summed E-state index contributed by atoms with van der Waals surface area (Å²) in [5, 5.41) is 9.13. The second kappa shape index (κ2) is 4.40. The molecule has 0 amide bonds. The number of aliphatic hydroxyl groups excluding tert-OH is 1. The van der Waals surface area contributed by atoms with Crippen LogP contribution in [0.4, 0.5) is 0 Å². The third kappa shape index (κ3) is 2.42. The molecule has 0 aromatic heterocycles. The normalized spacial score (nSPS) is 34.4. The Kier molecular flexibility index (Phi) is 3.71. The molecular formula is C10H22N2O. The summed E-state index contributed by atoms with van der Waals surface area (Å²) in [5.41, 5.74) is 5.72. The lowest BCUT2D eigenvalue weighted by Crippen LogP contribution is -2.43. The lowest BCUT2D eigenvalue weighted by Gasteiger charge is -2.28. The van der Waals surface area contributed by atoms with Crippen LogP contribution in [0.1, 0.15) is 33.1 Å². The first-order valence-corrected chi connectivity index (χ1v) is 5.29. The van der Waals surface area contributed by atoms with E-state index in [1.165, 1.54) is 0 Å². The predicted octanol–water partition coefficient (Wildman–Crippen LogP) is 0.571. The topological polar surface area (TPSA) is 49.5 Å². The molecule has 1 fully saturated rings. The molecule has 3 N–H and O–H groups in total. The first kappa shape index (κ1) is 11.0. The van der Waals surface area contributed by atoms with Crippen molar-refractivity contribution >= 4 is 0 Å². The fourth-order valence-electron chi connectivity index (χ4n) is 2.32. The maximum atomic E-state index is 9.13. The Hall–Kier alpha value is -0.120. The second-order valence-electron chi connectivity index (χ2n) is 4.14. The van der Waals surface area contributed by atoms with Crippen molar-refractivity contribution in [3.8, 4) is 0 Å². The van der Waals surface area contributed by atoms with Crippen LogP contribution in [0.3, 0.4) is 0 Å². The van der Waals surface area contributed by atoms with Crippen molar-refractivity contribution in [2.24, 2.45) is 5.73 Å². The summed E-state index contributed by atoms with van der Waals surface area (Å²) in [7, 11) is 0. The molecule has 3 heteroatoms. The SMILES string of the molecule is CCN(CC)C1CCC(N)(CO)C1. The van der Waals surface area contributed by atoms with Crippen LogP contribution in [0.15, 0.2) is 0 Å². The molecule has 78 valence electrons. The van der Waals surface area contributed by atoms with Gasteiger partial charge in [-0.05, 0) is 32.4 Å². The van der Waals surface area contributed by atoms with E-state index in [0.717, 1.165) is 32.4 Å². The van der Waals surface area contributed by atoms with E-state index in [1.54, 1.807) is 0 Å². The number of hydrogen-bond donors (Lipinski definition) is 2. The van der Waals surface area contributed by atoms with E-state index in [1.807, 2.05) is 0 Å². The molecule has 1 aliphatic rings. The van der Waals surface area contributed by atoms with Crippen molar-refractivity contribution < 1.29 is 5.11 Å². The average Bonchev–Trinajstić information content (AvgIpc) is 2.52. The summed E-state index contributed by atoms with van der Waals surface area (Å²) in [5.74, 6) is 0. The summed E-state index contributed by atoms with van der Waals surface area (Å²) in [6.45, 7) is 6.66. The first-order chi connectivity index (χ1) is 6.15. The zero-order chi connectivity index (χ0) is 9.90. The van der Waals surface area contributed by atoms with Crippen LogP contribution in [0.25, 0.3) is 0 Å². The quantitative estimate of drug-likeness (QED) is 0.675. The Labute approximate surface area is 80.9 Å². The van der Waals surface area contributed by atoms with Crippen molar-refractivity contribution in [1.82, 2.24) is 4.90 Å². The lowest BCUT2D eigenvalue weighted by molar-refractivity contribution is 0.173. The van der Waals surface area contributed by atoms with E-state index in [9.17, 15) is 0 Å². The number of aliphatic hydroxyl groups is 1. The molecule has 0 heterocycles. The van der Waals surface area contributed by atoms with Crippen molar-refractivity contribution in [3.05, 3.63) is 0 Å². The lowest BCUT2D eigenvalue weighted by atomic mass is 10.0. The van der Waals surface area contributed by atoms with Crippen LogP contribution >= 0.6 is 0 Å². The highest BCUT2D eigenvalue weighted by molar-refractivity contribution is 4.96. The zero-order valence-electron chi connectivity index (χ0n) is 8.79. The van der Waals surface area contributed by atoms with Gasteiger partial charge in [-0.3, -0.25) is 0 Å². The Morgan fingerprint density at radius 2 is 2.08 bits per heavy atom. The summed E-state index contributed by atoms with van der Waals surface area (Å²) in [4.78, 5) is 2.43. The van der Waals surface area contributed by atoms with Crippen molar-refractivity contribution in [1.29, 1.82) is 0 Å². The summed E-state index contributed by atoms with van der Waals surface area (Å²) < 4.78 is 0. The van der Waals surface area contributed by atoms with Gasteiger partial charge < -0.3 is 15.7 Å². The minimum atomic E-state index is -0.298. The standard InChI is InChI=1S/C10H22N2O/c1-3-12(4-2)9-5-6-10(11,7-9)8-13/h9,13H,3-8,11H2,1-2H3. The third-order valence-corrected chi connectivity index (χ3v) is 3.26. The highest BCUT2D eigenvalue weighted by Crippen LogP contribution is 2.30. The van der Waals surface area contributed by atoms with Crippen molar-refractivity contribution in [3.63, 3.8) is 0 Å². The van der Waals surface area contributed by atoms with Gasteiger partial charge in [0.1, 0.15) is 0 Å². The van der Waals surface area contributed by atoms with Crippen LogP contribution in [0, 0.1) is 0 Å². The number of nitrogens with zero attached hydrogens (tertiary/aromatic N) is 1. The van der Waals surface area contributed by atoms with E-state index in [0.29, 0.717) is 6.04 Å². The molecule has 1 aliphatic carbocycles. The molecule has 0 saturated heterocycles. The van der Waals surface area contributed by atoms with E-state index in [4.69, 9.17) is 10.8 Å². The van der Waals surface area contributed by atoms with Gasteiger partial charge in [0, 0.05) is 11.6 Å². The van der Waals surface area contributed by atoms with Crippen LogP contribution in [0.2, 0.25) is 0 Å². The van der Waals surface area contributed by atoms with Crippen LogP contribution < -0.4 is 5.73 Å². The molecule has 13 heavy (non-hydrogen) atoms. The molecule has 2 unspecified atom stereocenters. The van der Waals surface area contributed by atoms with Crippen LogP contribution in [-0.2, 0) is 0 Å². The summed E-state index contributed by atoms with van der Waals surface area (Å²) >= 11 is 0. The molecule has 0 spiro atoms. The Morgan fingerprint density at radius 1 is 1.46 bits per heavy atom. The molecule has 1 rings (SSSR count). The second-order valence-corrected chi connectivity index (χ2v) is 4.14. The van der Waals surface area contributed by atoms with E-state index in [-0.39, 0.29) is 12.1 Å². The number of nitrogens with two attached hydrogens (primary N) is 1. The maximum Gasteiger partial charge on any atom is 0.0611 e.